The van der Waals surface area contributed by atoms with Crippen LogP contribution in [0.2, 0.25) is 0 Å². The second-order valence-electron chi connectivity index (χ2n) is 4.24. The van der Waals surface area contributed by atoms with Crippen molar-refractivity contribution in [3.63, 3.8) is 0 Å². The lowest BCUT2D eigenvalue weighted by Crippen LogP contribution is -2.12. The number of amides is 1. The molecule has 0 spiro atoms. The molecule has 0 unspecified atom stereocenters. The summed E-state index contributed by atoms with van der Waals surface area (Å²) in [5, 5.41) is 2.67. The zero-order valence-electron chi connectivity index (χ0n) is 10.0. The van der Waals surface area contributed by atoms with Crippen LogP contribution in [0.3, 0.4) is 0 Å². The number of anilines is 1. The van der Waals surface area contributed by atoms with Gasteiger partial charge in [0.1, 0.15) is 5.75 Å². The molecule has 19 heavy (non-hydrogen) atoms. The zero-order chi connectivity index (χ0) is 13.2. The maximum atomic E-state index is 12.7. The molecule has 5 heteroatoms. The number of fused-ring (bicyclic) bond motifs is 1. The number of nitrogens with one attached hydrogen (secondary N) is 1. The molecule has 4 nitrogen and oxygen atoms in total. The SMILES string of the molecule is O=C(Nc1ccc(F)nc1)c1ccc2c(c1)CCO2. The van der Waals surface area contributed by atoms with E-state index in [9.17, 15) is 9.18 Å². The van der Waals surface area contributed by atoms with Gasteiger partial charge in [-0.25, -0.2) is 4.98 Å². The Morgan fingerprint density at radius 1 is 1.32 bits per heavy atom. The summed E-state index contributed by atoms with van der Waals surface area (Å²) >= 11 is 0. The molecule has 2 heterocycles. The monoisotopic (exact) mass is 258 g/mol. The molecule has 1 amide bonds. The fourth-order valence-corrected chi connectivity index (χ4v) is 1.98. The van der Waals surface area contributed by atoms with E-state index in [2.05, 4.69) is 10.3 Å². The lowest BCUT2D eigenvalue weighted by atomic mass is 10.1. The van der Waals surface area contributed by atoms with Crippen LogP contribution >= 0.6 is 0 Å². The predicted molar refractivity (Wildman–Crippen MR) is 67.8 cm³/mol. The molecule has 0 bridgehead atoms. The number of pyridine rings is 1. The number of hydrogen-bond donors (Lipinski definition) is 1. The molecule has 0 saturated heterocycles. The van der Waals surface area contributed by atoms with E-state index >= 15 is 0 Å². The van der Waals surface area contributed by atoms with Gasteiger partial charge in [0.05, 0.1) is 18.5 Å². The van der Waals surface area contributed by atoms with Gasteiger partial charge >= 0.3 is 0 Å². The van der Waals surface area contributed by atoms with Crippen LogP contribution < -0.4 is 10.1 Å². The van der Waals surface area contributed by atoms with Crippen LogP contribution in [0.4, 0.5) is 10.1 Å². The summed E-state index contributed by atoms with van der Waals surface area (Å²) in [5.41, 5.74) is 2.04. The Hall–Kier alpha value is -2.43. The lowest BCUT2D eigenvalue weighted by molar-refractivity contribution is 0.102. The van der Waals surface area contributed by atoms with Crippen molar-refractivity contribution in [1.82, 2.24) is 4.98 Å². The zero-order valence-corrected chi connectivity index (χ0v) is 10.0. The molecule has 1 N–H and O–H groups in total. The van der Waals surface area contributed by atoms with E-state index < -0.39 is 5.95 Å². The Balaban J connectivity index is 1.78. The number of halogens is 1. The summed E-state index contributed by atoms with van der Waals surface area (Å²) < 4.78 is 18.0. The summed E-state index contributed by atoms with van der Waals surface area (Å²) in [6, 6.07) is 7.98. The van der Waals surface area contributed by atoms with Crippen LogP contribution in [-0.2, 0) is 6.42 Å². The predicted octanol–water partition coefficient (Wildman–Crippen LogP) is 2.41. The third kappa shape index (κ3) is 2.40. The first-order valence-electron chi connectivity index (χ1n) is 5.91. The maximum Gasteiger partial charge on any atom is 0.255 e. The quantitative estimate of drug-likeness (QED) is 0.841. The molecule has 1 aliphatic heterocycles. The summed E-state index contributed by atoms with van der Waals surface area (Å²) in [5.74, 6) is 0.00999. The number of aromatic nitrogens is 1. The van der Waals surface area contributed by atoms with Crippen molar-refractivity contribution in [2.45, 2.75) is 6.42 Å². The van der Waals surface area contributed by atoms with Gasteiger partial charge in [0, 0.05) is 12.0 Å². The first-order chi connectivity index (χ1) is 9.22. The van der Waals surface area contributed by atoms with Gasteiger partial charge in [0.25, 0.3) is 5.91 Å². The van der Waals surface area contributed by atoms with Crippen LogP contribution in [0, 0.1) is 5.95 Å². The highest BCUT2D eigenvalue weighted by molar-refractivity contribution is 6.04. The van der Waals surface area contributed by atoms with Crippen LogP contribution in [0.15, 0.2) is 36.5 Å². The lowest BCUT2D eigenvalue weighted by Gasteiger charge is -2.06. The van der Waals surface area contributed by atoms with Crippen LogP contribution in [-0.4, -0.2) is 17.5 Å². The first kappa shape index (κ1) is 11.6. The molecule has 1 aliphatic rings. The van der Waals surface area contributed by atoms with Gasteiger partial charge in [-0.15, -0.1) is 0 Å². The van der Waals surface area contributed by atoms with Crippen LogP contribution in [0.5, 0.6) is 5.75 Å². The molecule has 2 aromatic rings. The standard InChI is InChI=1S/C14H11FN2O2/c15-13-4-2-11(8-16-13)17-14(18)10-1-3-12-9(7-10)5-6-19-12/h1-4,7-8H,5-6H2,(H,17,18). The van der Waals surface area contributed by atoms with E-state index in [1.807, 2.05) is 6.07 Å². The Morgan fingerprint density at radius 2 is 2.21 bits per heavy atom. The largest absolute Gasteiger partial charge is 0.493 e. The topological polar surface area (TPSA) is 51.2 Å². The average Bonchev–Trinajstić information content (AvgIpc) is 2.88. The van der Waals surface area contributed by atoms with Gasteiger partial charge in [-0.3, -0.25) is 4.79 Å². The van der Waals surface area contributed by atoms with Crippen molar-refractivity contribution >= 4 is 11.6 Å². The molecule has 3 rings (SSSR count). The van der Waals surface area contributed by atoms with E-state index in [4.69, 9.17) is 4.74 Å². The normalized spacial score (nSPS) is 12.7. The minimum Gasteiger partial charge on any atom is -0.493 e. The van der Waals surface area contributed by atoms with Crippen molar-refractivity contribution in [3.8, 4) is 5.75 Å². The van der Waals surface area contributed by atoms with Crippen molar-refractivity contribution in [3.05, 3.63) is 53.6 Å². The summed E-state index contributed by atoms with van der Waals surface area (Å²) in [6.45, 7) is 0.655. The molecule has 96 valence electrons. The van der Waals surface area contributed by atoms with Gasteiger partial charge in [-0.05, 0) is 35.9 Å². The second-order valence-corrected chi connectivity index (χ2v) is 4.24. The molecule has 1 aromatic heterocycles. The molecule has 0 radical (unpaired) electrons. The number of rotatable bonds is 2. The van der Waals surface area contributed by atoms with E-state index in [0.29, 0.717) is 17.9 Å². The minimum absolute atomic E-state index is 0.247. The highest BCUT2D eigenvalue weighted by Gasteiger charge is 2.15. The maximum absolute atomic E-state index is 12.7. The van der Waals surface area contributed by atoms with Crippen molar-refractivity contribution in [1.29, 1.82) is 0 Å². The number of carbonyl (C=O) groups is 1. The van der Waals surface area contributed by atoms with Crippen molar-refractivity contribution in [2.75, 3.05) is 11.9 Å². The smallest absolute Gasteiger partial charge is 0.255 e. The number of carbonyl (C=O) groups excluding carboxylic acids is 1. The Morgan fingerprint density at radius 3 is 3.00 bits per heavy atom. The molecular formula is C14H11FN2O2. The van der Waals surface area contributed by atoms with Gasteiger partial charge in [0.2, 0.25) is 5.95 Å². The van der Waals surface area contributed by atoms with Crippen molar-refractivity contribution in [2.24, 2.45) is 0 Å². The molecule has 1 aromatic carbocycles. The highest BCUT2D eigenvalue weighted by Crippen LogP contribution is 2.26. The average molecular weight is 258 g/mol. The molecular weight excluding hydrogens is 247 g/mol. The summed E-state index contributed by atoms with van der Waals surface area (Å²) in [6.07, 6.45) is 2.10. The minimum atomic E-state index is -0.576. The molecule has 0 aliphatic carbocycles. The third-order valence-electron chi connectivity index (χ3n) is 2.94. The first-order valence-corrected chi connectivity index (χ1v) is 5.91. The van der Waals surface area contributed by atoms with Gasteiger partial charge < -0.3 is 10.1 Å². The fourth-order valence-electron chi connectivity index (χ4n) is 1.98. The second kappa shape index (κ2) is 4.68. The number of ether oxygens (including phenoxy) is 1. The van der Waals surface area contributed by atoms with Crippen LogP contribution in [0.1, 0.15) is 15.9 Å². The van der Waals surface area contributed by atoms with Gasteiger partial charge in [-0.2, -0.15) is 4.39 Å². The third-order valence-corrected chi connectivity index (χ3v) is 2.94. The van der Waals surface area contributed by atoms with E-state index in [-0.39, 0.29) is 5.91 Å². The van der Waals surface area contributed by atoms with Gasteiger partial charge in [-0.1, -0.05) is 0 Å². The molecule has 0 atom stereocenters. The number of nitrogens with zero attached hydrogens (tertiary/aromatic N) is 1. The van der Waals surface area contributed by atoms with E-state index in [1.54, 1.807) is 12.1 Å². The van der Waals surface area contributed by atoms with Gasteiger partial charge in [0.15, 0.2) is 0 Å². The highest BCUT2D eigenvalue weighted by atomic mass is 19.1. The Bertz CT molecular complexity index is 626. The van der Waals surface area contributed by atoms with E-state index in [0.717, 1.165) is 17.7 Å². The summed E-state index contributed by atoms with van der Waals surface area (Å²) in [4.78, 5) is 15.5. The van der Waals surface area contributed by atoms with Crippen LogP contribution in [0.25, 0.3) is 0 Å². The molecule has 0 saturated carbocycles. The fraction of sp³-hybridized carbons (Fsp3) is 0.143. The molecule has 0 fully saturated rings. The van der Waals surface area contributed by atoms with E-state index in [1.165, 1.54) is 18.3 Å². The van der Waals surface area contributed by atoms with Crippen molar-refractivity contribution < 1.29 is 13.9 Å². The number of benzene rings is 1. The number of hydrogen-bond acceptors (Lipinski definition) is 3. The Labute approximate surface area is 109 Å². The Kier molecular flexibility index (Phi) is 2.87. The summed E-state index contributed by atoms with van der Waals surface area (Å²) in [7, 11) is 0.